The molecular formula is C15H23NO. The number of benzene rings is 1. The van der Waals surface area contributed by atoms with E-state index in [9.17, 15) is 0 Å². The van der Waals surface area contributed by atoms with Crippen molar-refractivity contribution in [2.45, 2.75) is 45.6 Å². The highest BCUT2D eigenvalue weighted by atomic mass is 16.5. The standard InChI is InChI=1S/C15H23NO/c1-3-5-9-16-14(4-2)12-6-7-15-13(11-12)8-10-17-15/h6-7,11,14,16H,3-5,8-10H2,1-2H3. The first-order valence-electron chi connectivity index (χ1n) is 6.84. The van der Waals surface area contributed by atoms with Crippen molar-refractivity contribution in [3.05, 3.63) is 29.3 Å². The summed E-state index contributed by atoms with van der Waals surface area (Å²) < 4.78 is 5.54. The quantitative estimate of drug-likeness (QED) is 0.760. The monoisotopic (exact) mass is 233 g/mol. The second kappa shape index (κ2) is 6.06. The highest BCUT2D eigenvalue weighted by molar-refractivity contribution is 5.40. The molecule has 0 aromatic heterocycles. The Morgan fingerprint density at radius 3 is 3.00 bits per heavy atom. The van der Waals surface area contributed by atoms with Crippen LogP contribution >= 0.6 is 0 Å². The van der Waals surface area contributed by atoms with E-state index in [-0.39, 0.29) is 0 Å². The zero-order valence-electron chi connectivity index (χ0n) is 11.0. The van der Waals surface area contributed by atoms with Gasteiger partial charge >= 0.3 is 0 Å². The van der Waals surface area contributed by atoms with Crippen molar-refractivity contribution < 1.29 is 4.74 Å². The highest BCUT2D eigenvalue weighted by Gasteiger charge is 2.15. The van der Waals surface area contributed by atoms with Crippen LogP contribution in [0.4, 0.5) is 0 Å². The van der Waals surface area contributed by atoms with E-state index < -0.39 is 0 Å². The van der Waals surface area contributed by atoms with Crippen LogP contribution in [0.2, 0.25) is 0 Å². The lowest BCUT2D eigenvalue weighted by Gasteiger charge is -2.18. The zero-order chi connectivity index (χ0) is 12.1. The van der Waals surface area contributed by atoms with Crippen LogP contribution in [0.15, 0.2) is 18.2 Å². The molecule has 1 unspecified atom stereocenters. The summed E-state index contributed by atoms with van der Waals surface area (Å²) in [6.45, 7) is 6.43. The molecule has 2 rings (SSSR count). The van der Waals surface area contributed by atoms with E-state index >= 15 is 0 Å². The third-order valence-corrected chi connectivity index (χ3v) is 3.45. The molecule has 94 valence electrons. The molecule has 0 saturated carbocycles. The predicted molar refractivity (Wildman–Crippen MR) is 71.6 cm³/mol. The molecule has 0 radical (unpaired) electrons. The molecule has 0 aliphatic carbocycles. The van der Waals surface area contributed by atoms with E-state index in [0.29, 0.717) is 6.04 Å². The van der Waals surface area contributed by atoms with E-state index in [1.54, 1.807) is 0 Å². The van der Waals surface area contributed by atoms with Crippen molar-refractivity contribution in [3.8, 4) is 5.75 Å². The average Bonchev–Trinajstić information content (AvgIpc) is 2.82. The summed E-state index contributed by atoms with van der Waals surface area (Å²) in [6.07, 6.45) is 4.71. The maximum Gasteiger partial charge on any atom is 0.122 e. The normalized spacial score (nSPS) is 15.4. The van der Waals surface area contributed by atoms with Crippen LogP contribution in [0.1, 0.15) is 50.3 Å². The van der Waals surface area contributed by atoms with Gasteiger partial charge in [0, 0.05) is 12.5 Å². The largest absolute Gasteiger partial charge is 0.493 e. The van der Waals surface area contributed by atoms with Gasteiger partial charge in [-0.1, -0.05) is 32.4 Å². The zero-order valence-corrected chi connectivity index (χ0v) is 11.0. The molecule has 0 saturated heterocycles. The number of ether oxygens (including phenoxy) is 1. The fourth-order valence-corrected chi connectivity index (χ4v) is 2.37. The molecule has 0 fully saturated rings. The minimum Gasteiger partial charge on any atom is -0.493 e. The topological polar surface area (TPSA) is 21.3 Å². The molecule has 0 amide bonds. The number of hydrogen-bond donors (Lipinski definition) is 1. The van der Waals surface area contributed by atoms with Gasteiger partial charge in [0.05, 0.1) is 6.61 Å². The van der Waals surface area contributed by atoms with Crippen LogP contribution in [0, 0.1) is 0 Å². The maximum absolute atomic E-state index is 5.54. The van der Waals surface area contributed by atoms with Gasteiger partial charge in [0.15, 0.2) is 0 Å². The lowest BCUT2D eigenvalue weighted by molar-refractivity contribution is 0.356. The Kier molecular flexibility index (Phi) is 4.43. The van der Waals surface area contributed by atoms with Crippen molar-refractivity contribution in [2.75, 3.05) is 13.2 Å². The Hall–Kier alpha value is -1.02. The molecule has 1 aliphatic heterocycles. The van der Waals surface area contributed by atoms with E-state index in [4.69, 9.17) is 4.74 Å². The first-order valence-corrected chi connectivity index (χ1v) is 6.84. The van der Waals surface area contributed by atoms with Crippen molar-refractivity contribution in [1.82, 2.24) is 5.32 Å². The summed E-state index contributed by atoms with van der Waals surface area (Å²) in [5, 5.41) is 3.64. The number of unbranched alkanes of at least 4 members (excludes halogenated alkanes) is 1. The second-order valence-electron chi connectivity index (χ2n) is 4.73. The van der Waals surface area contributed by atoms with Gasteiger partial charge in [-0.05, 0) is 36.6 Å². The van der Waals surface area contributed by atoms with Crippen molar-refractivity contribution in [1.29, 1.82) is 0 Å². The molecule has 2 heteroatoms. The van der Waals surface area contributed by atoms with Crippen LogP contribution in [-0.2, 0) is 6.42 Å². The van der Waals surface area contributed by atoms with Crippen molar-refractivity contribution >= 4 is 0 Å². The molecule has 1 aromatic carbocycles. The minimum atomic E-state index is 0.493. The van der Waals surface area contributed by atoms with Crippen LogP contribution in [0.3, 0.4) is 0 Å². The summed E-state index contributed by atoms with van der Waals surface area (Å²) in [5.74, 6) is 1.08. The van der Waals surface area contributed by atoms with Gasteiger partial charge in [0.1, 0.15) is 5.75 Å². The lowest BCUT2D eigenvalue weighted by atomic mass is 10.0. The third-order valence-electron chi connectivity index (χ3n) is 3.45. The Balaban J connectivity index is 2.03. The van der Waals surface area contributed by atoms with Crippen molar-refractivity contribution in [3.63, 3.8) is 0 Å². The Bertz CT molecular complexity index is 362. The SMILES string of the molecule is CCCCNC(CC)c1ccc2c(c1)CCO2. The Labute approximate surface area is 104 Å². The number of rotatable bonds is 6. The highest BCUT2D eigenvalue weighted by Crippen LogP contribution is 2.29. The van der Waals surface area contributed by atoms with Gasteiger partial charge in [-0.15, -0.1) is 0 Å². The summed E-state index contributed by atoms with van der Waals surface area (Å²) in [5.41, 5.74) is 2.78. The molecule has 1 aromatic rings. The molecule has 0 bridgehead atoms. The lowest BCUT2D eigenvalue weighted by Crippen LogP contribution is -2.21. The predicted octanol–water partition coefficient (Wildman–Crippen LogP) is 3.46. The molecule has 17 heavy (non-hydrogen) atoms. The van der Waals surface area contributed by atoms with E-state index in [0.717, 1.165) is 31.7 Å². The molecule has 2 nitrogen and oxygen atoms in total. The van der Waals surface area contributed by atoms with Gasteiger partial charge in [-0.25, -0.2) is 0 Å². The van der Waals surface area contributed by atoms with Gasteiger partial charge in [0.2, 0.25) is 0 Å². The summed E-state index contributed by atoms with van der Waals surface area (Å²) in [7, 11) is 0. The number of nitrogens with one attached hydrogen (secondary N) is 1. The molecule has 1 N–H and O–H groups in total. The van der Waals surface area contributed by atoms with Crippen molar-refractivity contribution in [2.24, 2.45) is 0 Å². The molecule has 1 heterocycles. The molecular weight excluding hydrogens is 210 g/mol. The fraction of sp³-hybridized carbons (Fsp3) is 0.600. The first-order chi connectivity index (χ1) is 8.35. The number of hydrogen-bond acceptors (Lipinski definition) is 2. The Morgan fingerprint density at radius 2 is 2.24 bits per heavy atom. The average molecular weight is 233 g/mol. The summed E-state index contributed by atoms with van der Waals surface area (Å²) in [4.78, 5) is 0. The smallest absolute Gasteiger partial charge is 0.122 e. The summed E-state index contributed by atoms with van der Waals surface area (Å²) in [6, 6.07) is 7.14. The Morgan fingerprint density at radius 1 is 1.35 bits per heavy atom. The minimum absolute atomic E-state index is 0.493. The molecule has 0 spiro atoms. The molecule has 1 atom stereocenters. The van der Waals surface area contributed by atoms with E-state index in [2.05, 4.69) is 37.4 Å². The third kappa shape index (κ3) is 3.01. The van der Waals surface area contributed by atoms with Crippen LogP contribution in [0.25, 0.3) is 0 Å². The van der Waals surface area contributed by atoms with Gasteiger partial charge < -0.3 is 10.1 Å². The second-order valence-corrected chi connectivity index (χ2v) is 4.73. The van der Waals surface area contributed by atoms with E-state index in [1.165, 1.54) is 24.0 Å². The maximum atomic E-state index is 5.54. The van der Waals surface area contributed by atoms with E-state index in [1.807, 2.05) is 0 Å². The van der Waals surface area contributed by atoms with Gasteiger partial charge in [-0.2, -0.15) is 0 Å². The molecule has 1 aliphatic rings. The summed E-state index contributed by atoms with van der Waals surface area (Å²) >= 11 is 0. The fourth-order valence-electron chi connectivity index (χ4n) is 2.37. The van der Waals surface area contributed by atoms with Gasteiger partial charge in [0.25, 0.3) is 0 Å². The first kappa shape index (κ1) is 12.4. The number of fused-ring (bicyclic) bond motifs is 1. The van der Waals surface area contributed by atoms with Crippen LogP contribution in [-0.4, -0.2) is 13.2 Å². The van der Waals surface area contributed by atoms with Crippen LogP contribution in [0.5, 0.6) is 5.75 Å². The van der Waals surface area contributed by atoms with Crippen LogP contribution < -0.4 is 10.1 Å². The van der Waals surface area contributed by atoms with Gasteiger partial charge in [-0.3, -0.25) is 0 Å².